The summed E-state index contributed by atoms with van der Waals surface area (Å²) in [5, 5.41) is 13.6. The van der Waals surface area contributed by atoms with Gasteiger partial charge in [-0.2, -0.15) is 13.2 Å². The van der Waals surface area contributed by atoms with E-state index in [4.69, 9.17) is 11.6 Å². The van der Waals surface area contributed by atoms with Gasteiger partial charge in [0.05, 0.1) is 18.2 Å². The summed E-state index contributed by atoms with van der Waals surface area (Å²) < 4.78 is 43.1. The van der Waals surface area contributed by atoms with E-state index in [9.17, 15) is 23.1 Å². The number of aromatic nitrogens is 1. The molecule has 4 rings (SSSR count). The van der Waals surface area contributed by atoms with Gasteiger partial charge in [-0.1, -0.05) is 36.7 Å². The average molecular weight is 575 g/mol. The zero-order valence-electron chi connectivity index (χ0n) is 21.8. The molecule has 0 aliphatic carbocycles. The molecule has 0 fully saturated rings. The van der Waals surface area contributed by atoms with Crippen LogP contribution < -0.4 is 5.32 Å². The van der Waals surface area contributed by atoms with Crippen molar-refractivity contribution in [2.45, 2.75) is 50.3 Å². The van der Waals surface area contributed by atoms with E-state index in [-0.39, 0.29) is 35.6 Å². The molecule has 0 bridgehead atoms. The first kappa shape index (κ1) is 29.1. The summed E-state index contributed by atoms with van der Waals surface area (Å²) in [6.07, 6.45) is -4.47. The van der Waals surface area contributed by atoms with Gasteiger partial charge in [0.25, 0.3) is 5.91 Å². The molecule has 9 heteroatoms. The first-order valence-electron chi connectivity index (χ1n) is 12.7. The van der Waals surface area contributed by atoms with Crippen LogP contribution in [0.25, 0.3) is 10.9 Å². The number of aliphatic hydroxyl groups excluding tert-OH is 1. The molecule has 0 radical (unpaired) electrons. The van der Waals surface area contributed by atoms with Crippen LogP contribution in [0, 0.1) is 0 Å². The van der Waals surface area contributed by atoms with Crippen molar-refractivity contribution >= 4 is 40.2 Å². The van der Waals surface area contributed by atoms with E-state index in [1.165, 1.54) is 12.1 Å². The first-order chi connectivity index (χ1) is 18.5. The second-order valence-electron chi connectivity index (χ2n) is 9.56. The van der Waals surface area contributed by atoms with E-state index in [0.29, 0.717) is 11.3 Å². The molecule has 0 saturated heterocycles. The number of carbonyl (C=O) groups excluding carboxylic acids is 1. The van der Waals surface area contributed by atoms with Crippen molar-refractivity contribution in [2.24, 2.45) is 0 Å². The quantitative estimate of drug-likeness (QED) is 0.199. The van der Waals surface area contributed by atoms with E-state index < -0.39 is 17.8 Å². The Balaban J connectivity index is 1.63. The molecule has 4 nitrogen and oxygen atoms in total. The van der Waals surface area contributed by atoms with Crippen LogP contribution >= 0.6 is 23.4 Å². The fourth-order valence-corrected chi connectivity index (χ4v) is 5.62. The van der Waals surface area contributed by atoms with Crippen LogP contribution in [0.4, 0.5) is 13.2 Å². The minimum atomic E-state index is -4.53. The van der Waals surface area contributed by atoms with Gasteiger partial charge in [-0.3, -0.25) is 4.79 Å². The third kappa shape index (κ3) is 6.62. The Bertz CT molecular complexity index is 1470. The predicted octanol–water partition coefficient (Wildman–Crippen LogP) is 8.06. The maximum absolute atomic E-state index is 13.7. The number of hydrogen-bond acceptors (Lipinski definition) is 3. The normalized spacial score (nSPS) is 12.7. The lowest BCUT2D eigenvalue weighted by Crippen LogP contribution is -2.30. The van der Waals surface area contributed by atoms with Gasteiger partial charge < -0.3 is 15.0 Å². The van der Waals surface area contributed by atoms with Gasteiger partial charge in [-0.05, 0) is 79.3 Å². The van der Waals surface area contributed by atoms with E-state index in [1.54, 1.807) is 23.9 Å². The Morgan fingerprint density at radius 3 is 2.38 bits per heavy atom. The van der Waals surface area contributed by atoms with Crippen LogP contribution in [0.1, 0.15) is 65.6 Å². The number of nitrogens with one attached hydrogen (secondary N) is 1. The molecule has 0 spiro atoms. The van der Waals surface area contributed by atoms with Gasteiger partial charge in [-0.15, -0.1) is 11.8 Å². The highest BCUT2D eigenvalue weighted by Gasteiger charge is 2.34. The minimum Gasteiger partial charge on any atom is -0.394 e. The third-order valence-electron chi connectivity index (χ3n) is 6.53. The Morgan fingerprint density at radius 2 is 1.77 bits per heavy atom. The van der Waals surface area contributed by atoms with Gasteiger partial charge in [0.2, 0.25) is 0 Å². The molecule has 4 aromatic rings. The fourth-order valence-electron chi connectivity index (χ4n) is 4.78. The van der Waals surface area contributed by atoms with Crippen LogP contribution in [0.15, 0.2) is 71.6 Å². The van der Waals surface area contributed by atoms with Crippen LogP contribution in [0.5, 0.6) is 0 Å². The minimum absolute atomic E-state index is 0.0218. The number of benzene rings is 3. The SMILES string of the molecule is CCSc1ccc(C(CO)NC(=O)c2ccc3c(c2)cc(Cc2ccc(Cl)cc2C(F)(F)F)n3C(C)C)cc1. The number of hydrogen-bond donors (Lipinski definition) is 2. The number of nitrogens with zero attached hydrogens (tertiary/aromatic N) is 1. The van der Waals surface area contributed by atoms with Crippen molar-refractivity contribution in [1.82, 2.24) is 9.88 Å². The maximum Gasteiger partial charge on any atom is 0.416 e. The number of alkyl halides is 3. The number of rotatable bonds is 9. The molecular formula is C30H30ClF3N2O2S. The van der Waals surface area contributed by atoms with Gasteiger partial charge in [0.1, 0.15) is 0 Å². The Kier molecular flexibility index (Phi) is 8.99. The number of aliphatic hydroxyl groups is 1. The molecule has 1 unspecified atom stereocenters. The van der Waals surface area contributed by atoms with Gasteiger partial charge >= 0.3 is 6.18 Å². The van der Waals surface area contributed by atoms with Crippen LogP contribution in [0.3, 0.4) is 0 Å². The summed E-state index contributed by atoms with van der Waals surface area (Å²) >= 11 is 7.57. The highest BCUT2D eigenvalue weighted by Crippen LogP contribution is 2.36. The lowest BCUT2D eigenvalue weighted by molar-refractivity contribution is -0.138. The smallest absolute Gasteiger partial charge is 0.394 e. The zero-order chi connectivity index (χ0) is 28.3. The lowest BCUT2D eigenvalue weighted by atomic mass is 10.0. The fraction of sp³-hybridized carbons (Fsp3) is 0.300. The number of halogens is 4. The zero-order valence-corrected chi connectivity index (χ0v) is 23.4. The van der Waals surface area contributed by atoms with Crippen molar-refractivity contribution in [3.05, 3.63) is 99.7 Å². The molecule has 0 saturated carbocycles. The average Bonchev–Trinajstić information content (AvgIpc) is 3.25. The number of fused-ring (bicyclic) bond motifs is 1. The summed E-state index contributed by atoms with van der Waals surface area (Å²) in [6.45, 7) is 5.74. The number of amides is 1. The van der Waals surface area contributed by atoms with Gasteiger partial charge in [0, 0.05) is 44.5 Å². The Morgan fingerprint density at radius 1 is 1.05 bits per heavy atom. The summed E-state index contributed by atoms with van der Waals surface area (Å²) in [7, 11) is 0. The molecule has 1 aromatic heterocycles. The van der Waals surface area contributed by atoms with E-state index >= 15 is 0 Å². The van der Waals surface area contributed by atoms with Crippen LogP contribution in [0.2, 0.25) is 5.02 Å². The summed E-state index contributed by atoms with van der Waals surface area (Å²) in [5.41, 5.74) is 2.08. The van der Waals surface area contributed by atoms with Gasteiger partial charge in [-0.25, -0.2) is 0 Å². The van der Waals surface area contributed by atoms with Crippen molar-refractivity contribution in [3.63, 3.8) is 0 Å². The molecular weight excluding hydrogens is 545 g/mol. The van der Waals surface area contributed by atoms with Crippen molar-refractivity contribution in [3.8, 4) is 0 Å². The molecule has 3 aromatic carbocycles. The summed E-state index contributed by atoms with van der Waals surface area (Å²) in [5.74, 6) is 0.602. The standard InChI is InChI=1S/C30H30ClF3N2O2S/c1-4-39-25-10-6-19(7-11-25)27(17-37)35-29(38)21-8-12-28-22(13-21)15-24(36(28)18(2)3)14-20-5-9-23(31)16-26(20)30(32,33)34/h5-13,15-16,18,27,37H,4,14,17H2,1-3H3,(H,35,38). The number of carbonyl (C=O) groups is 1. The van der Waals surface area contributed by atoms with Crippen molar-refractivity contribution in [2.75, 3.05) is 12.4 Å². The Hall–Kier alpha value is -2.94. The molecule has 39 heavy (non-hydrogen) atoms. The second kappa shape index (κ2) is 12.1. The van der Waals surface area contributed by atoms with Gasteiger partial charge in [0.15, 0.2) is 0 Å². The number of thioether (sulfide) groups is 1. The van der Waals surface area contributed by atoms with E-state index in [1.807, 2.05) is 54.8 Å². The molecule has 1 heterocycles. The lowest BCUT2D eigenvalue weighted by Gasteiger charge is -2.18. The topological polar surface area (TPSA) is 54.3 Å². The van der Waals surface area contributed by atoms with E-state index in [0.717, 1.165) is 33.2 Å². The molecule has 1 atom stereocenters. The second-order valence-corrected chi connectivity index (χ2v) is 11.3. The third-order valence-corrected chi connectivity index (χ3v) is 7.66. The maximum atomic E-state index is 13.7. The van der Waals surface area contributed by atoms with Crippen LogP contribution in [-0.4, -0.2) is 27.9 Å². The molecule has 1 amide bonds. The molecule has 206 valence electrons. The first-order valence-corrected chi connectivity index (χ1v) is 14.0. The predicted molar refractivity (Wildman–Crippen MR) is 152 cm³/mol. The summed E-state index contributed by atoms with van der Waals surface area (Å²) in [4.78, 5) is 14.2. The van der Waals surface area contributed by atoms with E-state index in [2.05, 4.69) is 12.2 Å². The largest absolute Gasteiger partial charge is 0.416 e. The molecule has 2 N–H and O–H groups in total. The molecule has 0 aliphatic rings. The highest BCUT2D eigenvalue weighted by atomic mass is 35.5. The van der Waals surface area contributed by atoms with Crippen LogP contribution in [-0.2, 0) is 12.6 Å². The monoisotopic (exact) mass is 574 g/mol. The summed E-state index contributed by atoms with van der Waals surface area (Å²) in [6, 6.07) is 18.0. The van der Waals surface area contributed by atoms with Crippen molar-refractivity contribution < 1.29 is 23.1 Å². The van der Waals surface area contributed by atoms with Crippen molar-refractivity contribution in [1.29, 1.82) is 0 Å². The molecule has 0 aliphatic heterocycles. The Labute approximate surface area is 235 Å². The highest BCUT2D eigenvalue weighted by molar-refractivity contribution is 7.99.